The topological polar surface area (TPSA) is 105 Å². The Morgan fingerprint density at radius 3 is 2.52 bits per heavy atom. The molecule has 0 spiro atoms. The quantitative estimate of drug-likeness (QED) is 0.495. The van der Waals surface area contributed by atoms with Crippen LogP contribution in [-0.2, 0) is 9.59 Å². The fourth-order valence-corrected chi connectivity index (χ4v) is 2.71. The Labute approximate surface area is 130 Å². The number of amides is 4. The number of rotatable bonds is 5. The van der Waals surface area contributed by atoms with Crippen LogP contribution >= 0.6 is 12.4 Å². The number of nitrogens with zero attached hydrogens (tertiary/aromatic N) is 1. The highest BCUT2D eigenvalue weighted by Gasteiger charge is 2.35. The summed E-state index contributed by atoms with van der Waals surface area (Å²) in [6.07, 6.45) is 5.12. The number of imide groups is 1. The monoisotopic (exact) mass is 318 g/mol. The molecule has 1 aliphatic carbocycles. The third-order valence-corrected chi connectivity index (χ3v) is 3.98. The van der Waals surface area contributed by atoms with E-state index in [0.717, 1.165) is 32.1 Å². The summed E-state index contributed by atoms with van der Waals surface area (Å²) in [4.78, 5) is 35.9. The van der Waals surface area contributed by atoms with Gasteiger partial charge >= 0.3 is 6.03 Å². The Balaban J connectivity index is 0.00000220. The number of carbonyl (C=O) groups is 3. The van der Waals surface area contributed by atoms with Gasteiger partial charge in [0.05, 0.1) is 12.1 Å². The minimum atomic E-state index is -0.737. The Hall–Kier alpha value is -1.34. The SMILES string of the molecule is Cl.NC1(C(=O)NCCCN2C(=O)CNC2=O)CCCCC1. The van der Waals surface area contributed by atoms with Crippen LogP contribution in [0.2, 0.25) is 0 Å². The van der Waals surface area contributed by atoms with Crippen LogP contribution in [0.15, 0.2) is 0 Å². The number of nitrogens with one attached hydrogen (secondary N) is 2. The summed E-state index contributed by atoms with van der Waals surface area (Å²) in [5.41, 5.74) is 5.37. The van der Waals surface area contributed by atoms with E-state index in [1.165, 1.54) is 4.90 Å². The first-order valence-corrected chi connectivity index (χ1v) is 7.18. The van der Waals surface area contributed by atoms with Gasteiger partial charge in [0, 0.05) is 13.1 Å². The fourth-order valence-electron chi connectivity index (χ4n) is 2.71. The molecule has 0 unspecified atom stereocenters. The van der Waals surface area contributed by atoms with Gasteiger partial charge in [0.25, 0.3) is 0 Å². The van der Waals surface area contributed by atoms with Gasteiger partial charge in [-0.2, -0.15) is 0 Å². The molecule has 0 aromatic carbocycles. The van der Waals surface area contributed by atoms with Crippen LogP contribution in [0.5, 0.6) is 0 Å². The Morgan fingerprint density at radius 1 is 1.29 bits per heavy atom. The summed E-state index contributed by atoms with van der Waals surface area (Å²) in [5.74, 6) is -0.335. The zero-order valence-electron chi connectivity index (χ0n) is 12.0. The molecule has 2 aliphatic rings. The maximum Gasteiger partial charge on any atom is 0.324 e. The summed E-state index contributed by atoms with van der Waals surface area (Å²) >= 11 is 0. The molecule has 21 heavy (non-hydrogen) atoms. The third kappa shape index (κ3) is 4.31. The molecule has 1 heterocycles. The van der Waals surface area contributed by atoms with Crippen LogP contribution in [0.25, 0.3) is 0 Å². The van der Waals surface area contributed by atoms with Crippen molar-refractivity contribution in [3.8, 4) is 0 Å². The minimum absolute atomic E-state index is 0. The van der Waals surface area contributed by atoms with E-state index in [-0.39, 0.29) is 36.8 Å². The first kappa shape index (κ1) is 17.7. The second-order valence-corrected chi connectivity index (χ2v) is 5.53. The highest BCUT2D eigenvalue weighted by molar-refractivity contribution is 6.01. The van der Waals surface area contributed by atoms with Crippen molar-refractivity contribution in [3.63, 3.8) is 0 Å². The van der Waals surface area contributed by atoms with Crippen LogP contribution < -0.4 is 16.4 Å². The average molecular weight is 319 g/mol. The molecule has 1 aliphatic heterocycles. The second kappa shape index (κ2) is 7.61. The summed E-state index contributed by atoms with van der Waals surface area (Å²) in [6, 6.07) is -0.357. The maximum absolute atomic E-state index is 12.0. The van der Waals surface area contributed by atoms with Gasteiger partial charge in [-0.1, -0.05) is 19.3 Å². The Morgan fingerprint density at radius 2 is 1.95 bits per heavy atom. The van der Waals surface area contributed by atoms with Crippen molar-refractivity contribution in [2.24, 2.45) is 5.73 Å². The van der Waals surface area contributed by atoms with Crippen molar-refractivity contribution in [3.05, 3.63) is 0 Å². The van der Waals surface area contributed by atoms with E-state index >= 15 is 0 Å². The summed E-state index contributed by atoms with van der Waals surface area (Å²) < 4.78 is 0. The van der Waals surface area contributed by atoms with E-state index in [1.54, 1.807) is 0 Å². The zero-order chi connectivity index (χ0) is 14.6. The fraction of sp³-hybridized carbons (Fsp3) is 0.769. The van der Waals surface area contributed by atoms with Crippen LogP contribution in [0, 0.1) is 0 Å². The molecule has 0 bridgehead atoms. The lowest BCUT2D eigenvalue weighted by Gasteiger charge is -2.31. The van der Waals surface area contributed by atoms with Crippen molar-refractivity contribution >= 4 is 30.3 Å². The molecule has 7 nitrogen and oxygen atoms in total. The Kier molecular flexibility index (Phi) is 6.42. The number of halogens is 1. The molecule has 2 rings (SSSR count). The molecule has 1 saturated carbocycles. The van der Waals surface area contributed by atoms with E-state index in [9.17, 15) is 14.4 Å². The Bertz CT molecular complexity index is 394. The summed E-state index contributed by atoms with van der Waals surface area (Å²) in [7, 11) is 0. The lowest BCUT2D eigenvalue weighted by molar-refractivity contribution is -0.127. The molecular formula is C13H23ClN4O3. The van der Waals surface area contributed by atoms with Crippen LogP contribution in [0.3, 0.4) is 0 Å². The molecule has 4 amide bonds. The first-order valence-electron chi connectivity index (χ1n) is 7.18. The van der Waals surface area contributed by atoms with Crippen LogP contribution in [-0.4, -0.2) is 47.9 Å². The van der Waals surface area contributed by atoms with Crippen LogP contribution in [0.1, 0.15) is 38.5 Å². The van der Waals surface area contributed by atoms with Gasteiger partial charge in [0.2, 0.25) is 11.8 Å². The molecule has 0 radical (unpaired) electrons. The normalized spacial score (nSPS) is 20.7. The number of urea groups is 1. The van der Waals surface area contributed by atoms with E-state index in [1.807, 2.05) is 0 Å². The van der Waals surface area contributed by atoms with Crippen molar-refractivity contribution < 1.29 is 14.4 Å². The molecule has 1 saturated heterocycles. The second-order valence-electron chi connectivity index (χ2n) is 5.53. The van der Waals surface area contributed by atoms with Gasteiger partial charge < -0.3 is 16.4 Å². The maximum atomic E-state index is 12.0. The number of hydrogen-bond acceptors (Lipinski definition) is 4. The summed E-state index contributed by atoms with van der Waals surface area (Å²) in [6.45, 7) is 0.814. The average Bonchev–Trinajstić information content (AvgIpc) is 2.75. The summed E-state index contributed by atoms with van der Waals surface area (Å²) in [5, 5.41) is 5.27. The molecule has 0 aromatic rings. The van der Waals surface area contributed by atoms with Gasteiger partial charge in [-0.3, -0.25) is 14.5 Å². The molecule has 4 N–H and O–H groups in total. The van der Waals surface area contributed by atoms with Crippen LogP contribution in [0.4, 0.5) is 4.79 Å². The highest BCUT2D eigenvalue weighted by Crippen LogP contribution is 2.25. The van der Waals surface area contributed by atoms with Gasteiger partial charge in [-0.15, -0.1) is 12.4 Å². The van der Waals surface area contributed by atoms with E-state index in [2.05, 4.69) is 10.6 Å². The molecule has 0 atom stereocenters. The molecule has 120 valence electrons. The predicted molar refractivity (Wildman–Crippen MR) is 80.0 cm³/mol. The molecule has 8 heteroatoms. The number of nitrogens with two attached hydrogens (primary N) is 1. The van der Waals surface area contributed by atoms with E-state index in [4.69, 9.17) is 5.73 Å². The lowest BCUT2D eigenvalue weighted by Crippen LogP contribution is -2.55. The molecular weight excluding hydrogens is 296 g/mol. The third-order valence-electron chi connectivity index (χ3n) is 3.98. The number of carbonyl (C=O) groups excluding carboxylic acids is 3. The zero-order valence-corrected chi connectivity index (χ0v) is 12.8. The predicted octanol–water partition coefficient (Wildman–Crippen LogP) is 0.128. The van der Waals surface area contributed by atoms with Gasteiger partial charge in [0.15, 0.2) is 0 Å². The molecule has 0 aromatic heterocycles. The number of hydrogen-bond donors (Lipinski definition) is 3. The van der Waals surface area contributed by atoms with E-state index in [0.29, 0.717) is 19.5 Å². The van der Waals surface area contributed by atoms with Crippen molar-refractivity contribution in [1.29, 1.82) is 0 Å². The van der Waals surface area contributed by atoms with Gasteiger partial charge in [0.1, 0.15) is 0 Å². The van der Waals surface area contributed by atoms with Crippen molar-refractivity contribution in [1.82, 2.24) is 15.5 Å². The largest absolute Gasteiger partial charge is 0.354 e. The van der Waals surface area contributed by atoms with Gasteiger partial charge in [-0.25, -0.2) is 4.79 Å². The minimum Gasteiger partial charge on any atom is -0.354 e. The highest BCUT2D eigenvalue weighted by atomic mass is 35.5. The van der Waals surface area contributed by atoms with Crippen molar-refractivity contribution in [2.75, 3.05) is 19.6 Å². The smallest absolute Gasteiger partial charge is 0.324 e. The van der Waals surface area contributed by atoms with Gasteiger partial charge in [-0.05, 0) is 19.3 Å². The first-order chi connectivity index (χ1) is 9.53. The molecule has 2 fully saturated rings. The standard InChI is InChI=1S/C13H22N4O3.ClH/c14-13(5-2-1-3-6-13)11(19)15-7-4-8-17-10(18)9-16-12(17)20;/h1-9,14H2,(H,15,19)(H,16,20);1H. The van der Waals surface area contributed by atoms with Crippen molar-refractivity contribution in [2.45, 2.75) is 44.1 Å². The lowest BCUT2D eigenvalue weighted by atomic mass is 9.82. The van der Waals surface area contributed by atoms with E-state index < -0.39 is 5.54 Å².